The van der Waals surface area contributed by atoms with Crippen LogP contribution in [0.4, 0.5) is 8.78 Å². The minimum atomic E-state index is -3.00. The molecule has 34 heavy (non-hydrogen) atoms. The number of halogens is 2. The number of carbonyl (C=O) groups is 1. The molecule has 0 unspecified atom stereocenters. The molecule has 0 saturated heterocycles. The standard InChI is InChI=1S/C23H18F2N6O3/c1-30-8-6-14(29-30)22-28-18(21(24)25)20(34-22)23(32)31-9-7-13-17(27-11-26-13)19(31)16-10-12-4-2-3-5-15(12)33-16/h2-6,8,10-11,19,21H,7,9H2,1H3,(H,26,27)/t19-/m1/s1. The fraction of sp³-hybridized carbons (Fsp3) is 0.217. The van der Waals surface area contributed by atoms with Crippen LogP contribution in [0.1, 0.15) is 45.9 Å². The number of nitrogens with one attached hydrogen (secondary N) is 1. The Hall–Kier alpha value is -4.28. The molecule has 1 atom stereocenters. The lowest BCUT2D eigenvalue weighted by atomic mass is 9.99. The molecular formula is C23H18F2N6O3. The molecule has 0 aliphatic carbocycles. The molecule has 6 rings (SSSR count). The second-order valence-corrected chi connectivity index (χ2v) is 8.01. The second-order valence-electron chi connectivity index (χ2n) is 8.01. The molecule has 1 aliphatic rings. The zero-order valence-corrected chi connectivity index (χ0v) is 17.9. The molecule has 11 heteroatoms. The van der Waals surface area contributed by atoms with Crippen LogP contribution in [0.25, 0.3) is 22.6 Å². The van der Waals surface area contributed by atoms with Crippen molar-refractivity contribution >= 4 is 16.9 Å². The number of hydrogen-bond acceptors (Lipinski definition) is 6. The normalized spacial score (nSPS) is 15.9. The summed E-state index contributed by atoms with van der Waals surface area (Å²) in [5, 5.41) is 5.00. The predicted molar refractivity (Wildman–Crippen MR) is 115 cm³/mol. The molecule has 0 bridgehead atoms. The first-order valence-corrected chi connectivity index (χ1v) is 10.6. The number of H-pyrrole nitrogens is 1. The maximum atomic E-state index is 13.9. The maximum absolute atomic E-state index is 13.9. The van der Waals surface area contributed by atoms with Gasteiger partial charge in [-0.15, -0.1) is 0 Å². The third-order valence-electron chi connectivity index (χ3n) is 5.89. The second kappa shape index (κ2) is 7.65. The van der Waals surface area contributed by atoms with Gasteiger partial charge < -0.3 is 18.7 Å². The van der Waals surface area contributed by atoms with Crippen LogP contribution in [-0.4, -0.2) is 42.1 Å². The van der Waals surface area contributed by atoms with Gasteiger partial charge in [-0.05, 0) is 18.2 Å². The van der Waals surface area contributed by atoms with Crippen molar-refractivity contribution in [1.82, 2.24) is 29.6 Å². The number of benzene rings is 1. The lowest BCUT2D eigenvalue weighted by Crippen LogP contribution is -2.40. The van der Waals surface area contributed by atoms with Gasteiger partial charge >= 0.3 is 0 Å². The summed E-state index contributed by atoms with van der Waals surface area (Å²) >= 11 is 0. The third-order valence-corrected chi connectivity index (χ3v) is 5.89. The van der Waals surface area contributed by atoms with Gasteiger partial charge in [-0.1, -0.05) is 18.2 Å². The fourth-order valence-electron chi connectivity index (χ4n) is 4.32. The van der Waals surface area contributed by atoms with Crippen LogP contribution in [0.5, 0.6) is 0 Å². The molecule has 5 heterocycles. The highest BCUT2D eigenvalue weighted by Gasteiger charge is 2.40. The largest absolute Gasteiger partial charge is 0.458 e. The van der Waals surface area contributed by atoms with Crippen LogP contribution >= 0.6 is 0 Å². The highest BCUT2D eigenvalue weighted by Crippen LogP contribution is 2.38. The van der Waals surface area contributed by atoms with E-state index < -0.39 is 29.8 Å². The highest BCUT2D eigenvalue weighted by molar-refractivity contribution is 5.94. The quantitative estimate of drug-likeness (QED) is 0.426. The smallest absolute Gasteiger partial charge is 0.292 e. The van der Waals surface area contributed by atoms with Gasteiger partial charge in [0.1, 0.15) is 23.1 Å². The van der Waals surface area contributed by atoms with Gasteiger partial charge in [-0.2, -0.15) is 5.10 Å². The van der Waals surface area contributed by atoms with Crippen LogP contribution < -0.4 is 0 Å². The number of amides is 1. The number of oxazole rings is 1. The Morgan fingerprint density at radius 3 is 2.85 bits per heavy atom. The van der Waals surface area contributed by atoms with Gasteiger partial charge in [0.05, 0.1) is 12.0 Å². The number of alkyl halides is 2. The van der Waals surface area contributed by atoms with Crippen molar-refractivity contribution < 1.29 is 22.4 Å². The number of nitrogens with zero attached hydrogens (tertiary/aromatic N) is 5. The van der Waals surface area contributed by atoms with Crippen LogP contribution in [0.2, 0.25) is 0 Å². The van der Waals surface area contributed by atoms with Gasteiger partial charge in [0, 0.05) is 37.3 Å². The monoisotopic (exact) mass is 464 g/mol. The van der Waals surface area contributed by atoms with Crippen LogP contribution in [0.3, 0.4) is 0 Å². The number of rotatable bonds is 4. The van der Waals surface area contributed by atoms with Crippen molar-refractivity contribution in [2.24, 2.45) is 7.05 Å². The Kier molecular flexibility index (Phi) is 4.57. The summed E-state index contributed by atoms with van der Waals surface area (Å²) < 4.78 is 40.9. The predicted octanol–water partition coefficient (Wildman–Crippen LogP) is 4.27. The summed E-state index contributed by atoms with van der Waals surface area (Å²) in [6.07, 6.45) is 0.649. The average Bonchev–Trinajstić information content (AvgIpc) is 3.62. The minimum Gasteiger partial charge on any atom is -0.458 e. The number of hydrogen-bond donors (Lipinski definition) is 1. The SMILES string of the molecule is Cn1ccc(-c2nc(C(F)F)c(C(=O)N3CCc4[nH]cnc4[C@H]3c3cc4ccccc4o3)o2)n1. The van der Waals surface area contributed by atoms with E-state index in [2.05, 4.69) is 20.1 Å². The van der Waals surface area contributed by atoms with Crippen molar-refractivity contribution in [2.45, 2.75) is 18.9 Å². The van der Waals surface area contributed by atoms with Crippen molar-refractivity contribution in [3.05, 3.63) is 77.5 Å². The topological polar surface area (TPSA) is 106 Å². The van der Waals surface area contributed by atoms with Crippen LogP contribution in [-0.2, 0) is 13.5 Å². The van der Waals surface area contributed by atoms with E-state index in [1.54, 1.807) is 25.6 Å². The molecule has 1 amide bonds. The molecule has 5 aromatic rings. The van der Waals surface area contributed by atoms with E-state index in [0.29, 0.717) is 23.5 Å². The maximum Gasteiger partial charge on any atom is 0.292 e. The van der Waals surface area contributed by atoms with Crippen molar-refractivity contribution in [1.29, 1.82) is 0 Å². The van der Waals surface area contributed by atoms with E-state index >= 15 is 0 Å². The van der Waals surface area contributed by atoms with Gasteiger partial charge in [-0.25, -0.2) is 18.7 Å². The Bertz CT molecular complexity index is 1480. The minimum absolute atomic E-state index is 0.142. The Morgan fingerprint density at radius 2 is 2.09 bits per heavy atom. The molecule has 4 aromatic heterocycles. The molecular weight excluding hydrogens is 446 g/mol. The van der Waals surface area contributed by atoms with Crippen molar-refractivity contribution in [3.63, 3.8) is 0 Å². The number of aromatic amines is 1. The summed E-state index contributed by atoms with van der Waals surface area (Å²) in [6, 6.07) is 10.1. The number of para-hydroxylation sites is 1. The number of fused-ring (bicyclic) bond motifs is 2. The van der Waals surface area contributed by atoms with E-state index in [9.17, 15) is 13.6 Å². The van der Waals surface area contributed by atoms with Crippen molar-refractivity contribution in [2.75, 3.05) is 6.54 Å². The van der Waals surface area contributed by atoms with Gasteiger partial charge in [0.25, 0.3) is 12.3 Å². The van der Waals surface area contributed by atoms with E-state index in [-0.39, 0.29) is 18.1 Å². The van der Waals surface area contributed by atoms with E-state index in [1.807, 2.05) is 30.3 Å². The summed E-state index contributed by atoms with van der Waals surface area (Å²) in [7, 11) is 1.68. The number of carbonyl (C=O) groups excluding carboxylic acids is 1. The van der Waals surface area contributed by atoms with E-state index in [1.165, 1.54) is 9.58 Å². The van der Waals surface area contributed by atoms with E-state index in [4.69, 9.17) is 8.83 Å². The highest BCUT2D eigenvalue weighted by atomic mass is 19.3. The number of aryl methyl sites for hydroxylation is 1. The average molecular weight is 464 g/mol. The molecule has 172 valence electrons. The van der Waals surface area contributed by atoms with Crippen LogP contribution in [0.15, 0.2) is 57.8 Å². The molecule has 9 nitrogen and oxygen atoms in total. The fourth-order valence-corrected chi connectivity index (χ4v) is 4.32. The first-order chi connectivity index (χ1) is 16.5. The van der Waals surface area contributed by atoms with Gasteiger partial charge in [0.2, 0.25) is 11.7 Å². The summed E-state index contributed by atoms with van der Waals surface area (Å²) in [5.74, 6) is -0.900. The Morgan fingerprint density at radius 1 is 1.24 bits per heavy atom. The van der Waals surface area contributed by atoms with E-state index in [0.717, 1.165) is 11.1 Å². The lowest BCUT2D eigenvalue weighted by molar-refractivity contribution is 0.0626. The molecule has 0 radical (unpaired) electrons. The van der Waals surface area contributed by atoms with Gasteiger partial charge in [-0.3, -0.25) is 9.48 Å². The number of imidazole rings is 1. The number of furan rings is 1. The molecule has 0 spiro atoms. The van der Waals surface area contributed by atoms with Gasteiger partial charge in [0.15, 0.2) is 5.69 Å². The lowest BCUT2D eigenvalue weighted by Gasteiger charge is -2.33. The summed E-state index contributed by atoms with van der Waals surface area (Å²) in [5.41, 5.74) is 1.64. The molecule has 1 aliphatic heterocycles. The zero-order chi connectivity index (χ0) is 23.4. The third kappa shape index (κ3) is 3.19. The summed E-state index contributed by atoms with van der Waals surface area (Å²) in [6.45, 7) is 0.248. The first-order valence-electron chi connectivity index (χ1n) is 10.6. The number of aromatic nitrogens is 5. The van der Waals surface area contributed by atoms with Crippen molar-refractivity contribution in [3.8, 4) is 11.6 Å². The Balaban J connectivity index is 1.45. The molecule has 0 saturated carbocycles. The zero-order valence-electron chi connectivity index (χ0n) is 17.9. The molecule has 1 aromatic carbocycles. The molecule has 0 fully saturated rings. The Labute approximate surface area is 191 Å². The first kappa shape index (κ1) is 20.3. The summed E-state index contributed by atoms with van der Waals surface area (Å²) in [4.78, 5) is 26.5. The van der Waals surface area contributed by atoms with Crippen LogP contribution in [0, 0.1) is 0 Å². The molecule has 1 N–H and O–H groups in total.